The molecule has 2 amide bonds. The van der Waals surface area contributed by atoms with Gasteiger partial charge in [0.15, 0.2) is 0 Å². The third kappa shape index (κ3) is 2.24. The van der Waals surface area contributed by atoms with Gasteiger partial charge in [-0.25, -0.2) is 4.90 Å². The molecular weight excluding hydrogens is 392 g/mol. The van der Waals surface area contributed by atoms with E-state index in [2.05, 4.69) is 5.32 Å². The molecular formula is C22H19ClN2O4. The highest BCUT2D eigenvalue weighted by molar-refractivity contribution is 6.31. The highest BCUT2D eigenvalue weighted by Crippen LogP contribution is 2.61. The number of nitrogens with zero attached hydrogens (tertiary/aromatic N) is 1. The Bertz CT molecular complexity index is 1040. The van der Waals surface area contributed by atoms with Crippen molar-refractivity contribution in [1.29, 1.82) is 0 Å². The summed E-state index contributed by atoms with van der Waals surface area (Å²) in [6.45, 7) is 0. The maximum atomic E-state index is 13.6. The number of rotatable bonds is 3. The minimum Gasteiger partial charge on any atom is -0.468 e. The van der Waals surface area contributed by atoms with Crippen molar-refractivity contribution >= 4 is 35.1 Å². The van der Waals surface area contributed by atoms with E-state index in [1.54, 1.807) is 24.3 Å². The van der Waals surface area contributed by atoms with Crippen molar-refractivity contribution in [1.82, 2.24) is 5.32 Å². The number of anilines is 1. The molecule has 2 bridgehead atoms. The van der Waals surface area contributed by atoms with Crippen LogP contribution in [-0.2, 0) is 24.7 Å². The molecule has 29 heavy (non-hydrogen) atoms. The molecule has 3 aliphatic rings. The minimum atomic E-state index is -1.21. The number of benzene rings is 2. The van der Waals surface area contributed by atoms with Gasteiger partial charge >= 0.3 is 5.97 Å². The molecule has 5 rings (SSSR count). The Morgan fingerprint density at radius 1 is 1.07 bits per heavy atom. The quantitative estimate of drug-likeness (QED) is 0.622. The summed E-state index contributed by atoms with van der Waals surface area (Å²) < 4.78 is 5.08. The summed E-state index contributed by atoms with van der Waals surface area (Å²) in [6.07, 6.45) is 0.994. The van der Waals surface area contributed by atoms with E-state index in [0.29, 0.717) is 23.6 Å². The fraction of sp³-hybridized carbons (Fsp3) is 0.318. The lowest BCUT2D eigenvalue weighted by Crippen LogP contribution is -2.54. The van der Waals surface area contributed by atoms with Gasteiger partial charge in [-0.2, -0.15) is 0 Å². The second-order valence-electron chi connectivity index (χ2n) is 7.87. The Morgan fingerprint density at radius 2 is 1.79 bits per heavy atom. The Balaban J connectivity index is 1.69. The second kappa shape index (κ2) is 6.15. The number of hydrogen-bond acceptors (Lipinski definition) is 5. The number of halogens is 1. The van der Waals surface area contributed by atoms with Gasteiger partial charge in [-0.15, -0.1) is 0 Å². The van der Waals surface area contributed by atoms with Crippen LogP contribution in [0.25, 0.3) is 0 Å². The van der Waals surface area contributed by atoms with E-state index in [9.17, 15) is 14.4 Å². The van der Waals surface area contributed by atoms with E-state index in [1.165, 1.54) is 12.0 Å². The normalized spacial score (nSPS) is 32.6. The van der Waals surface area contributed by atoms with E-state index in [1.807, 2.05) is 30.3 Å². The molecule has 148 valence electrons. The number of carbonyl (C=O) groups excluding carboxylic acids is 3. The summed E-state index contributed by atoms with van der Waals surface area (Å²) in [5.41, 5.74) is -0.688. The molecule has 0 unspecified atom stereocenters. The Morgan fingerprint density at radius 3 is 2.48 bits per heavy atom. The molecule has 4 atom stereocenters. The first-order valence-corrected chi connectivity index (χ1v) is 9.89. The van der Waals surface area contributed by atoms with E-state index in [0.717, 1.165) is 5.56 Å². The molecule has 0 aliphatic carbocycles. The first kappa shape index (κ1) is 18.3. The third-order valence-corrected chi connectivity index (χ3v) is 6.87. The molecule has 2 aromatic rings. The zero-order valence-corrected chi connectivity index (χ0v) is 16.5. The van der Waals surface area contributed by atoms with Crippen LogP contribution in [-0.4, -0.2) is 30.4 Å². The number of esters is 1. The number of nitrogens with one attached hydrogen (secondary N) is 1. The molecule has 1 N–H and O–H groups in total. The largest absolute Gasteiger partial charge is 0.468 e. The topological polar surface area (TPSA) is 75.7 Å². The fourth-order valence-corrected chi connectivity index (χ4v) is 5.69. The molecule has 6 nitrogen and oxygen atoms in total. The fourth-order valence-electron chi connectivity index (χ4n) is 5.51. The molecule has 0 radical (unpaired) electrons. The monoisotopic (exact) mass is 410 g/mol. The number of carbonyl (C=O) groups is 3. The SMILES string of the molecule is COC(=O)[C@]12CC[C@](c3ccccc3)(N1)[C@@H]1C(=O)N(c3cccc(Cl)c3)C(=O)[C@@H]12. The van der Waals surface area contributed by atoms with Crippen LogP contribution < -0.4 is 10.2 Å². The number of amides is 2. The number of methoxy groups -OCH3 is 1. The van der Waals surface area contributed by atoms with Gasteiger partial charge in [0.05, 0.1) is 30.2 Å². The van der Waals surface area contributed by atoms with Crippen LogP contribution in [0.5, 0.6) is 0 Å². The Kier molecular flexibility index (Phi) is 3.89. The van der Waals surface area contributed by atoms with Gasteiger partial charge in [0.25, 0.3) is 0 Å². The maximum absolute atomic E-state index is 13.6. The maximum Gasteiger partial charge on any atom is 0.326 e. The lowest BCUT2D eigenvalue weighted by molar-refractivity contribution is -0.152. The van der Waals surface area contributed by atoms with Gasteiger partial charge in [-0.05, 0) is 36.6 Å². The van der Waals surface area contributed by atoms with Crippen molar-refractivity contribution in [2.24, 2.45) is 11.8 Å². The average Bonchev–Trinajstić information content (AvgIpc) is 3.36. The number of hydrogen-bond donors (Lipinski definition) is 1. The number of fused-ring (bicyclic) bond motifs is 5. The van der Waals surface area contributed by atoms with Crippen LogP contribution in [0.4, 0.5) is 5.69 Å². The van der Waals surface area contributed by atoms with Crippen molar-refractivity contribution < 1.29 is 19.1 Å². The van der Waals surface area contributed by atoms with Crippen LogP contribution in [0, 0.1) is 11.8 Å². The summed E-state index contributed by atoms with van der Waals surface area (Å²) in [5, 5.41) is 3.83. The van der Waals surface area contributed by atoms with Crippen LogP contribution in [0.15, 0.2) is 54.6 Å². The van der Waals surface area contributed by atoms with Gasteiger partial charge in [0.2, 0.25) is 11.8 Å². The van der Waals surface area contributed by atoms with Crippen molar-refractivity contribution in [3.8, 4) is 0 Å². The molecule has 3 fully saturated rings. The first-order valence-electron chi connectivity index (χ1n) is 9.51. The predicted octanol–water partition coefficient (Wildman–Crippen LogP) is 2.65. The lowest BCUT2D eigenvalue weighted by Gasteiger charge is -2.33. The summed E-state index contributed by atoms with van der Waals surface area (Å²) in [6, 6.07) is 16.2. The molecule has 2 aromatic carbocycles. The lowest BCUT2D eigenvalue weighted by atomic mass is 9.65. The van der Waals surface area contributed by atoms with Crippen molar-refractivity contribution in [3.63, 3.8) is 0 Å². The summed E-state index contributed by atoms with van der Waals surface area (Å²) in [5.74, 6) is -2.72. The van der Waals surface area contributed by atoms with Crippen molar-refractivity contribution in [3.05, 3.63) is 65.2 Å². The average molecular weight is 411 g/mol. The van der Waals surface area contributed by atoms with E-state index in [-0.39, 0.29) is 5.91 Å². The molecule has 0 saturated carbocycles. The predicted molar refractivity (Wildman–Crippen MR) is 106 cm³/mol. The molecule has 7 heteroatoms. The number of imide groups is 1. The van der Waals surface area contributed by atoms with Crippen molar-refractivity contribution in [2.75, 3.05) is 12.0 Å². The van der Waals surface area contributed by atoms with Crippen LogP contribution in [0.3, 0.4) is 0 Å². The first-order chi connectivity index (χ1) is 13.9. The van der Waals surface area contributed by atoms with E-state index in [4.69, 9.17) is 16.3 Å². The van der Waals surface area contributed by atoms with Gasteiger partial charge < -0.3 is 4.74 Å². The smallest absolute Gasteiger partial charge is 0.326 e. The second-order valence-corrected chi connectivity index (χ2v) is 8.31. The van der Waals surface area contributed by atoms with Crippen LogP contribution in [0.2, 0.25) is 5.02 Å². The summed E-state index contributed by atoms with van der Waals surface area (Å²) in [4.78, 5) is 41.2. The van der Waals surface area contributed by atoms with Crippen LogP contribution in [0.1, 0.15) is 18.4 Å². The third-order valence-electron chi connectivity index (χ3n) is 6.63. The highest BCUT2D eigenvalue weighted by atomic mass is 35.5. The summed E-state index contributed by atoms with van der Waals surface area (Å²) >= 11 is 6.10. The Labute approximate surface area is 172 Å². The van der Waals surface area contributed by atoms with Crippen molar-refractivity contribution in [2.45, 2.75) is 23.9 Å². The van der Waals surface area contributed by atoms with E-state index < -0.39 is 34.8 Å². The van der Waals surface area contributed by atoms with Gasteiger partial charge in [0, 0.05) is 5.02 Å². The number of ether oxygens (including phenoxy) is 1. The zero-order chi connectivity index (χ0) is 20.4. The molecule has 0 aromatic heterocycles. The molecule has 3 aliphatic heterocycles. The van der Waals surface area contributed by atoms with Gasteiger partial charge in [0.1, 0.15) is 5.54 Å². The van der Waals surface area contributed by atoms with Gasteiger partial charge in [-0.1, -0.05) is 48.0 Å². The standard InChI is InChI=1S/C22H19ClN2O4/c1-29-20(28)22-11-10-21(24-22,13-6-3-2-4-7-13)16-17(22)19(27)25(18(16)26)15-9-5-8-14(23)12-15/h2-9,12,16-17,24H,10-11H2,1H3/t16-,17+,21+,22+/m0/s1. The zero-order valence-electron chi connectivity index (χ0n) is 15.7. The van der Waals surface area contributed by atoms with E-state index >= 15 is 0 Å². The molecule has 3 heterocycles. The van der Waals surface area contributed by atoms with Gasteiger partial charge in [-0.3, -0.25) is 19.7 Å². The van der Waals surface area contributed by atoms with Crippen LogP contribution >= 0.6 is 11.6 Å². The summed E-state index contributed by atoms with van der Waals surface area (Å²) in [7, 11) is 1.31. The molecule has 3 saturated heterocycles. The highest BCUT2D eigenvalue weighted by Gasteiger charge is 2.77. The minimum absolute atomic E-state index is 0.316. The Hall–Kier alpha value is -2.70. The molecule has 0 spiro atoms.